The van der Waals surface area contributed by atoms with Crippen LogP contribution in [0.25, 0.3) is 0 Å². The van der Waals surface area contributed by atoms with E-state index in [4.69, 9.17) is 15.2 Å². The van der Waals surface area contributed by atoms with E-state index >= 15 is 0 Å². The van der Waals surface area contributed by atoms with Crippen molar-refractivity contribution in [2.24, 2.45) is 5.73 Å². The summed E-state index contributed by atoms with van der Waals surface area (Å²) < 4.78 is 24.3. The van der Waals surface area contributed by atoms with Crippen molar-refractivity contribution >= 4 is 15.9 Å². The highest BCUT2D eigenvalue weighted by atomic mass is 79.9. The van der Waals surface area contributed by atoms with Crippen LogP contribution in [0.4, 0.5) is 4.39 Å². The molecule has 3 nitrogen and oxygen atoms in total. The van der Waals surface area contributed by atoms with Gasteiger partial charge in [0.05, 0.1) is 14.2 Å². The number of hydrogen-bond donors (Lipinski definition) is 1. The molecule has 0 spiro atoms. The molecule has 0 amide bonds. The third-order valence-corrected chi connectivity index (χ3v) is 2.82. The van der Waals surface area contributed by atoms with Gasteiger partial charge in [-0.05, 0) is 19.9 Å². The van der Waals surface area contributed by atoms with Gasteiger partial charge in [0.15, 0.2) is 17.3 Å². The van der Waals surface area contributed by atoms with Crippen LogP contribution in [0, 0.1) is 5.82 Å². The Hall–Kier alpha value is -0.810. The summed E-state index contributed by atoms with van der Waals surface area (Å²) in [5.41, 5.74) is 6.03. The maximum absolute atomic E-state index is 13.6. The summed E-state index contributed by atoms with van der Waals surface area (Å²) in [5, 5.41) is 0. The van der Waals surface area contributed by atoms with E-state index < -0.39 is 11.4 Å². The summed E-state index contributed by atoms with van der Waals surface area (Å²) in [6.45, 7) is 3.62. The van der Waals surface area contributed by atoms with Gasteiger partial charge < -0.3 is 15.2 Å². The lowest BCUT2D eigenvalue weighted by Gasteiger charge is -2.25. The standard InChI is InChI=1S/C11H15BrFNO2/c1-11(2,14)8-6(12)5-7(13)9(15-3)10(8)16-4/h5H,14H2,1-4H3. The highest BCUT2D eigenvalue weighted by Crippen LogP contribution is 2.42. The Balaban J connectivity index is 3.59. The second kappa shape index (κ2) is 4.59. The average Bonchev–Trinajstić information content (AvgIpc) is 2.14. The Morgan fingerprint density at radius 2 is 1.75 bits per heavy atom. The summed E-state index contributed by atoms with van der Waals surface area (Å²) >= 11 is 3.28. The predicted octanol–water partition coefficient (Wildman–Crippen LogP) is 2.80. The number of nitrogens with two attached hydrogens (primary N) is 1. The predicted molar refractivity (Wildman–Crippen MR) is 64.4 cm³/mol. The van der Waals surface area contributed by atoms with E-state index in [1.165, 1.54) is 20.3 Å². The van der Waals surface area contributed by atoms with E-state index in [0.29, 0.717) is 15.8 Å². The molecule has 5 heteroatoms. The molecule has 0 aliphatic rings. The maximum atomic E-state index is 13.6. The molecule has 0 heterocycles. The first-order valence-corrected chi connectivity index (χ1v) is 5.51. The minimum absolute atomic E-state index is 0.0687. The van der Waals surface area contributed by atoms with Crippen molar-refractivity contribution in [2.75, 3.05) is 14.2 Å². The zero-order chi connectivity index (χ0) is 12.5. The number of methoxy groups -OCH3 is 2. The summed E-state index contributed by atoms with van der Waals surface area (Å²) in [6, 6.07) is 1.32. The molecular formula is C11H15BrFNO2. The Morgan fingerprint density at radius 1 is 1.25 bits per heavy atom. The maximum Gasteiger partial charge on any atom is 0.197 e. The van der Waals surface area contributed by atoms with Gasteiger partial charge in [0.1, 0.15) is 0 Å². The number of benzene rings is 1. The molecule has 0 radical (unpaired) electrons. The SMILES string of the molecule is COc1c(F)cc(Br)c(C(C)(C)N)c1OC. The molecule has 0 aromatic heterocycles. The Morgan fingerprint density at radius 3 is 2.12 bits per heavy atom. The van der Waals surface area contributed by atoms with Gasteiger partial charge in [-0.1, -0.05) is 15.9 Å². The first kappa shape index (κ1) is 13.3. The molecule has 0 fully saturated rings. The van der Waals surface area contributed by atoms with Gasteiger partial charge >= 0.3 is 0 Å². The van der Waals surface area contributed by atoms with Crippen LogP contribution < -0.4 is 15.2 Å². The second-order valence-corrected chi connectivity index (χ2v) is 4.86. The molecule has 0 atom stereocenters. The first-order chi connectivity index (χ1) is 7.32. The fraction of sp³-hybridized carbons (Fsp3) is 0.455. The fourth-order valence-electron chi connectivity index (χ4n) is 1.56. The smallest absolute Gasteiger partial charge is 0.197 e. The van der Waals surface area contributed by atoms with Crippen LogP contribution in [0.15, 0.2) is 10.5 Å². The number of hydrogen-bond acceptors (Lipinski definition) is 3. The highest BCUT2D eigenvalue weighted by Gasteiger charge is 2.27. The van der Waals surface area contributed by atoms with E-state index in [0.717, 1.165) is 0 Å². The van der Waals surface area contributed by atoms with Crippen molar-refractivity contribution < 1.29 is 13.9 Å². The van der Waals surface area contributed by atoms with Gasteiger partial charge in [0, 0.05) is 15.6 Å². The quantitative estimate of drug-likeness (QED) is 0.931. The topological polar surface area (TPSA) is 44.5 Å². The molecule has 16 heavy (non-hydrogen) atoms. The zero-order valence-electron chi connectivity index (χ0n) is 9.73. The summed E-state index contributed by atoms with van der Waals surface area (Å²) in [7, 11) is 2.85. The number of ether oxygens (including phenoxy) is 2. The molecule has 0 bridgehead atoms. The summed E-state index contributed by atoms with van der Waals surface area (Å²) in [4.78, 5) is 0. The van der Waals surface area contributed by atoms with Gasteiger partial charge in [-0.3, -0.25) is 0 Å². The molecule has 0 unspecified atom stereocenters. The normalized spacial score (nSPS) is 11.4. The molecule has 90 valence electrons. The molecule has 2 N–H and O–H groups in total. The monoisotopic (exact) mass is 291 g/mol. The highest BCUT2D eigenvalue weighted by molar-refractivity contribution is 9.10. The van der Waals surface area contributed by atoms with Crippen molar-refractivity contribution in [1.82, 2.24) is 0 Å². The third-order valence-electron chi connectivity index (χ3n) is 2.20. The molecule has 0 saturated carbocycles. The first-order valence-electron chi connectivity index (χ1n) is 4.72. The van der Waals surface area contributed by atoms with Crippen molar-refractivity contribution in [1.29, 1.82) is 0 Å². The van der Waals surface area contributed by atoms with E-state index in [1.54, 1.807) is 0 Å². The van der Waals surface area contributed by atoms with Gasteiger partial charge in [-0.2, -0.15) is 0 Å². The molecule has 0 aliphatic heterocycles. The van der Waals surface area contributed by atoms with E-state index in [1.807, 2.05) is 13.8 Å². The van der Waals surface area contributed by atoms with Gasteiger partial charge in [0.2, 0.25) is 0 Å². The fourth-order valence-corrected chi connectivity index (χ4v) is 2.46. The van der Waals surface area contributed by atoms with Gasteiger partial charge in [-0.25, -0.2) is 4.39 Å². The van der Waals surface area contributed by atoms with Crippen LogP contribution >= 0.6 is 15.9 Å². The Bertz CT molecular complexity index is 402. The average molecular weight is 292 g/mol. The van der Waals surface area contributed by atoms with Gasteiger partial charge in [0.25, 0.3) is 0 Å². The lowest BCUT2D eigenvalue weighted by Crippen LogP contribution is -2.30. The summed E-state index contributed by atoms with van der Waals surface area (Å²) in [6.07, 6.45) is 0. The minimum atomic E-state index is -0.662. The van der Waals surface area contributed by atoms with E-state index in [2.05, 4.69) is 15.9 Å². The number of halogens is 2. The van der Waals surface area contributed by atoms with Crippen LogP contribution in [0.2, 0.25) is 0 Å². The van der Waals surface area contributed by atoms with Crippen molar-refractivity contribution in [3.05, 3.63) is 21.9 Å². The van der Waals surface area contributed by atoms with Crippen LogP contribution in [-0.4, -0.2) is 14.2 Å². The Labute approximate surface area is 103 Å². The molecule has 0 saturated heterocycles. The summed E-state index contributed by atoms with van der Waals surface area (Å²) in [5.74, 6) is -0.0969. The molecule has 1 aromatic rings. The lowest BCUT2D eigenvalue weighted by molar-refractivity contribution is 0.327. The zero-order valence-corrected chi connectivity index (χ0v) is 11.3. The van der Waals surface area contributed by atoms with Crippen LogP contribution in [0.3, 0.4) is 0 Å². The lowest BCUT2D eigenvalue weighted by atomic mass is 9.94. The van der Waals surface area contributed by atoms with Crippen LogP contribution in [-0.2, 0) is 5.54 Å². The van der Waals surface area contributed by atoms with E-state index in [-0.39, 0.29) is 5.75 Å². The number of rotatable bonds is 3. The van der Waals surface area contributed by atoms with Crippen molar-refractivity contribution in [3.8, 4) is 11.5 Å². The molecule has 1 aromatic carbocycles. The Kier molecular flexibility index (Phi) is 3.80. The third kappa shape index (κ3) is 2.30. The minimum Gasteiger partial charge on any atom is -0.492 e. The van der Waals surface area contributed by atoms with E-state index in [9.17, 15) is 4.39 Å². The van der Waals surface area contributed by atoms with Crippen molar-refractivity contribution in [2.45, 2.75) is 19.4 Å². The van der Waals surface area contributed by atoms with Crippen LogP contribution in [0.1, 0.15) is 19.4 Å². The molecule has 1 rings (SSSR count). The molecule has 0 aliphatic carbocycles. The van der Waals surface area contributed by atoms with Gasteiger partial charge in [-0.15, -0.1) is 0 Å². The van der Waals surface area contributed by atoms with Crippen LogP contribution in [0.5, 0.6) is 11.5 Å². The largest absolute Gasteiger partial charge is 0.492 e. The second-order valence-electron chi connectivity index (χ2n) is 4.00. The molecular weight excluding hydrogens is 277 g/mol. The van der Waals surface area contributed by atoms with Crippen molar-refractivity contribution in [3.63, 3.8) is 0 Å².